The van der Waals surface area contributed by atoms with Crippen LogP contribution in [0.25, 0.3) is 11.5 Å². The van der Waals surface area contributed by atoms with Gasteiger partial charge >= 0.3 is 0 Å². The lowest BCUT2D eigenvalue weighted by atomic mass is 9.68. The van der Waals surface area contributed by atoms with E-state index in [9.17, 15) is 0 Å². The fourth-order valence-electron chi connectivity index (χ4n) is 2.44. The molecule has 0 spiro atoms. The first-order valence-corrected chi connectivity index (χ1v) is 6.06. The van der Waals surface area contributed by atoms with Gasteiger partial charge in [-0.25, -0.2) is 4.98 Å². The first-order valence-electron chi connectivity index (χ1n) is 6.06. The highest BCUT2D eigenvalue weighted by molar-refractivity contribution is 5.51. The van der Waals surface area contributed by atoms with Gasteiger partial charge in [-0.2, -0.15) is 0 Å². The number of aryl methyl sites for hydroxylation is 1. The van der Waals surface area contributed by atoms with E-state index in [2.05, 4.69) is 9.97 Å². The Labute approximate surface area is 100 Å². The maximum atomic E-state index is 5.87. The molecule has 1 saturated carbocycles. The third kappa shape index (κ3) is 1.60. The summed E-state index contributed by atoms with van der Waals surface area (Å²) in [5.74, 6) is 2.76. The Hall–Kier alpha value is -1.55. The molecule has 0 aromatic carbocycles. The zero-order valence-corrected chi connectivity index (χ0v) is 9.99. The van der Waals surface area contributed by atoms with Crippen LogP contribution in [0.3, 0.4) is 0 Å². The normalized spacial score (nSPS) is 18.0. The Kier molecular flexibility index (Phi) is 2.33. The molecule has 17 heavy (non-hydrogen) atoms. The van der Waals surface area contributed by atoms with Gasteiger partial charge in [0.2, 0.25) is 0 Å². The van der Waals surface area contributed by atoms with Crippen LogP contribution in [0.15, 0.2) is 22.7 Å². The van der Waals surface area contributed by atoms with Crippen LogP contribution in [0.4, 0.5) is 0 Å². The molecule has 2 aromatic heterocycles. The summed E-state index contributed by atoms with van der Waals surface area (Å²) in [6.07, 6.45) is 5.34. The zero-order valence-electron chi connectivity index (χ0n) is 9.99. The van der Waals surface area contributed by atoms with Crippen LogP contribution in [-0.2, 0) is 5.41 Å². The van der Waals surface area contributed by atoms with Gasteiger partial charge < -0.3 is 15.1 Å². The molecule has 1 aliphatic rings. The molecule has 2 heterocycles. The number of rotatable bonds is 3. The number of hydrogen-bond acceptors (Lipinski definition) is 3. The van der Waals surface area contributed by atoms with E-state index in [0.29, 0.717) is 6.54 Å². The Morgan fingerprint density at radius 2 is 2.29 bits per heavy atom. The van der Waals surface area contributed by atoms with Crippen molar-refractivity contribution in [3.63, 3.8) is 0 Å². The largest absolute Gasteiger partial charge is 0.460 e. The number of nitrogens with one attached hydrogen (secondary N) is 1. The second-order valence-electron chi connectivity index (χ2n) is 4.89. The van der Waals surface area contributed by atoms with Gasteiger partial charge in [0.05, 0.1) is 6.20 Å². The first kappa shape index (κ1) is 10.6. The van der Waals surface area contributed by atoms with E-state index >= 15 is 0 Å². The molecule has 0 amide bonds. The maximum Gasteiger partial charge on any atom is 0.152 e. The minimum atomic E-state index is 0.0832. The summed E-state index contributed by atoms with van der Waals surface area (Å²) in [4.78, 5) is 7.82. The standard InChI is InChI=1S/C13H17N3O/c1-9-3-4-11(17-9)10-7-15-12(16-10)13(8-14)5-2-6-13/h3-4,7H,2,5-6,8,14H2,1H3,(H,15,16). The van der Waals surface area contributed by atoms with Crippen LogP contribution < -0.4 is 5.73 Å². The summed E-state index contributed by atoms with van der Waals surface area (Å²) in [5, 5.41) is 0. The molecule has 1 fully saturated rings. The molecule has 0 atom stereocenters. The van der Waals surface area contributed by atoms with Crippen molar-refractivity contribution in [3.8, 4) is 11.5 Å². The highest BCUT2D eigenvalue weighted by Crippen LogP contribution is 2.41. The van der Waals surface area contributed by atoms with Crippen molar-refractivity contribution in [3.05, 3.63) is 29.9 Å². The minimum absolute atomic E-state index is 0.0832. The van der Waals surface area contributed by atoms with Crippen LogP contribution in [0, 0.1) is 6.92 Å². The highest BCUT2D eigenvalue weighted by atomic mass is 16.3. The second-order valence-corrected chi connectivity index (χ2v) is 4.89. The van der Waals surface area contributed by atoms with E-state index in [1.807, 2.05) is 25.3 Å². The van der Waals surface area contributed by atoms with Gasteiger partial charge in [0.25, 0.3) is 0 Å². The fraction of sp³-hybridized carbons (Fsp3) is 0.462. The van der Waals surface area contributed by atoms with Gasteiger partial charge in [0, 0.05) is 12.0 Å². The van der Waals surface area contributed by atoms with Crippen molar-refractivity contribution in [2.24, 2.45) is 5.73 Å². The van der Waals surface area contributed by atoms with E-state index in [4.69, 9.17) is 10.2 Å². The van der Waals surface area contributed by atoms with Crippen molar-refractivity contribution < 1.29 is 4.42 Å². The zero-order chi connectivity index (χ0) is 11.9. The van der Waals surface area contributed by atoms with Gasteiger partial charge in [-0.05, 0) is 31.9 Å². The Morgan fingerprint density at radius 3 is 2.82 bits per heavy atom. The summed E-state index contributed by atoms with van der Waals surface area (Å²) in [5.41, 5.74) is 6.89. The molecule has 4 heteroatoms. The summed E-state index contributed by atoms with van der Waals surface area (Å²) < 4.78 is 5.58. The van der Waals surface area contributed by atoms with E-state index in [0.717, 1.165) is 35.9 Å². The Balaban J connectivity index is 1.92. The molecule has 0 saturated heterocycles. The van der Waals surface area contributed by atoms with Crippen molar-refractivity contribution in [1.29, 1.82) is 0 Å². The van der Waals surface area contributed by atoms with Gasteiger partial charge in [-0.1, -0.05) is 6.42 Å². The fourth-order valence-corrected chi connectivity index (χ4v) is 2.44. The van der Waals surface area contributed by atoms with E-state index < -0.39 is 0 Å². The lowest BCUT2D eigenvalue weighted by molar-refractivity contribution is 0.240. The summed E-state index contributed by atoms with van der Waals surface area (Å²) in [7, 11) is 0. The molecule has 3 N–H and O–H groups in total. The predicted molar refractivity (Wildman–Crippen MR) is 65.6 cm³/mol. The molecule has 1 aliphatic carbocycles. The lowest BCUT2D eigenvalue weighted by Gasteiger charge is -2.38. The van der Waals surface area contributed by atoms with Crippen molar-refractivity contribution in [2.45, 2.75) is 31.6 Å². The Bertz CT molecular complexity index is 517. The van der Waals surface area contributed by atoms with Gasteiger partial charge in [0.15, 0.2) is 5.76 Å². The number of imidazole rings is 1. The molecule has 3 rings (SSSR count). The maximum absolute atomic E-state index is 5.87. The third-order valence-corrected chi connectivity index (χ3v) is 3.79. The molecule has 0 aliphatic heterocycles. The summed E-state index contributed by atoms with van der Waals surface area (Å²) in [6.45, 7) is 2.60. The quantitative estimate of drug-likeness (QED) is 0.852. The number of aromatic nitrogens is 2. The van der Waals surface area contributed by atoms with Crippen LogP contribution in [0.5, 0.6) is 0 Å². The molecular formula is C13H17N3O. The number of nitrogens with zero attached hydrogens (tertiary/aromatic N) is 1. The van der Waals surface area contributed by atoms with E-state index in [-0.39, 0.29) is 5.41 Å². The van der Waals surface area contributed by atoms with E-state index in [1.165, 1.54) is 6.42 Å². The predicted octanol–water partition coefficient (Wildman–Crippen LogP) is 2.36. The summed E-state index contributed by atoms with van der Waals surface area (Å²) in [6, 6.07) is 3.92. The number of furan rings is 1. The average Bonchev–Trinajstić information content (AvgIpc) is 2.86. The molecule has 0 bridgehead atoms. The van der Waals surface area contributed by atoms with Gasteiger partial charge in [-0.3, -0.25) is 0 Å². The smallest absolute Gasteiger partial charge is 0.152 e. The Morgan fingerprint density at radius 1 is 1.47 bits per heavy atom. The second kappa shape index (κ2) is 3.74. The lowest BCUT2D eigenvalue weighted by Crippen LogP contribution is -2.42. The molecular weight excluding hydrogens is 214 g/mol. The van der Waals surface area contributed by atoms with Crippen molar-refractivity contribution in [1.82, 2.24) is 9.97 Å². The van der Waals surface area contributed by atoms with Crippen LogP contribution >= 0.6 is 0 Å². The molecule has 4 nitrogen and oxygen atoms in total. The topological polar surface area (TPSA) is 67.8 Å². The van der Waals surface area contributed by atoms with Crippen molar-refractivity contribution in [2.75, 3.05) is 6.54 Å². The number of aromatic amines is 1. The molecule has 2 aromatic rings. The monoisotopic (exact) mass is 231 g/mol. The number of nitrogens with two attached hydrogens (primary N) is 1. The minimum Gasteiger partial charge on any atom is -0.460 e. The van der Waals surface area contributed by atoms with Crippen LogP contribution in [-0.4, -0.2) is 16.5 Å². The van der Waals surface area contributed by atoms with Gasteiger partial charge in [-0.15, -0.1) is 0 Å². The SMILES string of the molecule is Cc1ccc(-c2cnc(C3(CN)CCC3)[nH]2)o1. The number of hydrogen-bond donors (Lipinski definition) is 2. The van der Waals surface area contributed by atoms with Crippen LogP contribution in [0.1, 0.15) is 30.8 Å². The first-order chi connectivity index (χ1) is 8.23. The molecule has 90 valence electrons. The highest BCUT2D eigenvalue weighted by Gasteiger charge is 2.40. The third-order valence-electron chi connectivity index (χ3n) is 3.79. The number of H-pyrrole nitrogens is 1. The van der Waals surface area contributed by atoms with Crippen molar-refractivity contribution >= 4 is 0 Å². The molecule has 0 unspecified atom stereocenters. The summed E-state index contributed by atoms with van der Waals surface area (Å²) >= 11 is 0. The average molecular weight is 231 g/mol. The van der Waals surface area contributed by atoms with Gasteiger partial charge in [0.1, 0.15) is 17.3 Å². The molecule has 0 radical (unpaired) electrons. The van der Waals surface area contributed by atoms with E-state index in [1.54, 1.807) is 0 Å². The van der Waals surface area contributed by atoms with Crippen LogP contribution in [0.2, 0.25) is 0 Å².